The lowest BCUT2D eigenvalue weighted by atomic mass is 10.1. The van der Waals surface area contributed by atoms with Gasteiger partial charge in [0.05, 0.1) is 10.4 Å². The molecular weight excluding hydrogens is 356 g/mol. The van der Waals surface area contributed by atoms with E-state index >= 15 is 0 Å². The molecular formula is C22H20N2O2S. The van der Waals surface area contributed by atoms with Crippen molar-refractivity contribution in [3.8, 4) is 0 Å². The van der Waals surface area contributed by atoms with Crippen LogP contribution in [0, 0.1) is 0 Å². The van der Waals surface area contributed by atoms with Crippen LogP contribution in [0.1, 0.15) is 11.1 Å². The van der Waals surface area contributed by atoms with Crippen molar-refractivity contribution in [3.05, 3.63) is 102 Å². The Hall–Kier alpha value is -2.89. The molecule has 1 aromatic heterocycles. The molecule has 0 amide bonds. The standard InChI is InChI=1S/C22H20N2O2S/c25-27(26,20-11-5-2-6-12-20)24-15-14-21-19(10-7-13-22(21)24)17-23-16-18-8-3-1-4-9-18/h1-15,23H,16-17H2. The Kier molecular flexibility index (Phi) is 4.79. The van der Waals surface area contributed by atoms with Gasteiger partial charge in [-0.25, -0.2) is 12.4 Å². The number of hydrogen-bond acceptors (Lipinski definition) is 3. The average molecular weight is 376 g/mol. The minimum atomic E-state index is -3.61. The van der Waals surface area contributed by atoms with Crippen molar-refractivity contribution in [2.45, 2.75) is 18.0 Å². The van der Waals surface area contributed by atoms with Gasteiger partial charge in [0, 0.05) is 24.7 Å². The smallest absolute Gasteiger partial charge is 0.268 e. The second-order valence-electron chi connectivity index (χ2n) is 6.37. The molecule has 5 heteroatoms. The summed E-state index contributed by atoms with van der Waals surface area (Å²) in [6, 6.07) is 26.4. The Morgan fingerprint density at radius 3 is 2.19 bits per heavy atom. The van der Waals surface area contributed by atoms with Gasteiger partial charge in [0.2, 0.25) is 0 Å². The molecule has 4 rings (SSSR count). The summed E-state index contributed by atoms with van der Waals surface area (Å²) in [5.74, 6) is 0. The molecule has 0 aliphatic carbocycles. The van der Waals surface area contributed by atoms with Crippen molar-refractivity contribution in [1.82, 2.24) is 9.29 Å². The molecule has 27 heavy (non-hydrogen) atoms. The highest BCUT2D eigenvalue weighted by Crippen LogP contribution is 2.24. The highest BCUT2D eigenvalue weighted by molar-refractivity contribution is 7.90. The molecule has 3 aromatic carbocycles. The Labute approximate surface area is 159 Å². The molecule has 0 saturated carbocycles. The topological polar surface area (TPSA) is 51.1 Å². The molecule has 0 radical (unpaired) electrons. The van der Waals surface area contributed by atoms with Crippen LogP contribution in [-0.4, -0.2) is 12.4 Å². The van der Waals surface area contributed by atoms with E-state index in [1.54, 1.807) is 30.5 Å². The molecule has 4 aromatic rings. The van der Waals surface area contributed by atoms with Crippen LogP contribution in [0.4, 0.5) is 0 Å². The quantitative estimate of drug-likeness (QED) is 0.549. The lowest BCUT2D eigenvalue weighted by Crippen LogP contribution is -2.13. The summed E-state index contributed by atoms with van der Waals surface area (Å²) in [4.78, 5) is 0.287. The van der Waals surface area contributed by atoms with Gasteiger partial charge in [-0.2, -0.15) is 0 Å². The summed E-state index contributed by atoms with van der Waals surface area (Å²) >= 11 is 0. The molecule has 0 unspecified atom stereocenters. The van der Waals surface area contributed by atoms with Gasteiger partial charge < -0.3 is 5.32 Å². The van der Waals surface area contributed by atoms with Crippen LogP contribution < -0.4 is 5.32 Å². The Morgan fingerprint density at radius 1 is 0.741 bits per heavy atom. The maximum absolute atomic E-state index is 13.0. The summed E-state index contributed by atoms with van der Waals surface area (Å²) < 4.78 is 27.3. The Morgan fingerprint density at radius 2 is 1.44 bits per heavy atom. The Bertz CT molecular complexity index is 1150. The molecule has 4 nitrogen and oxygen atoms in total. The molecule has 1 N–H and O–H groups in total. The third kappa shape index (κ3) is 3.52. The van der Waals surface area contributed by atoms with Crippen molar-refractivity contribution in [3.63, 3.8) is 0 Å². The van der Waals surface area contributed by atoms with Crippen LogP contribution in [-0.2, 0) is 23.1 Å². The highest BCUT2D eigenvalue weighted by Gasteiger charge is 2.19. The monoisotopic (exact) mass is 376 g/mol. The lowest BCUT2D eigenvalue weighted by Gasteiger charge is -2.09. The van der Waals surface area contributed by atoms with Crippen LogP contribution in [0.5, 0.6) is 0 Å². The molecule has 0 spiro atoms. The van der Waals surface area contributed by atoms with Gasteiger partial charge in [-0.3, -0.25) is 0 Å². The van der Waals surface area contributed by atoms with Crippen LogP contribution >= 0.6 is 0 Å². The van der Waals surface area contributed by atoms with Gasteiger partial charge in [0.1, 0.15) is 0 Å². The first kappa shape index (κ1) is 17.5. The predicted octanol–water partition coefficient (Wildman–Crippen LogP) is 4.17. The summed E-state index contributed by atoms with van der Waals surface area (Å²) in [6.45, 7) is 1.43. The van der Waals surface area contributed by atoms with Crippen molar-refractivity contribution in [2.24, 2.45) is 0 Å². The van der Waals surface area contributed by atoms with Gasteiger partial charge in [0.25, 0.3) is 10.0 Å². The molecule has 0 aliphatic heterocycles. The number of nitrogens with zero attached hydrogens (tertiary/aromatic N) is 1. The van der Waals surface area contributed by atoms with Crippen molar-refractivity contribution in [2.75, 3.05) is 0 Å². The molecule has 0 atom stereocenters. The Balaban J connectivity index is 1.62. The third-order valence-corrected chi connectivity index (χ3v) is 6.28. The zero-order valence-corrected chi connectivity index (χ0v) is 15.6. The fraction of sp³-hybridized carbons (Fsp3) is 0.0909. The molecule has 1 heterocycles. The number of rotatable bonds is 6. The van der Waals surface area contributed by atoms with Crippen LogP contribution in [0.15, 0.2) is 96.0 Å². The molecule has 0 aliphatic rings. The summed E-state index contributed by atoms with van der Waals surface area (Å²) in [6.07, 6.45) is 1.63. The van der Waals surface area contributed by atoms with Crippen LogP contribution in [0.2, 0.25) is 0 Å². The summed E-state index contributed by atoms with van der Waals surface area (Å²) in [7, 11) is -3.61. The lowest BCUT2D eigenvalue weighted by molar-refractivity contribution is 0.589. The van der Waals surface area contributed by atoms with E-state index in [1.807, 2.05) is 48.5 Å². The zero-order chi connectivity index (χ0) is 18.7. The van der Waals surface area contributed by atoms with Gasteiger partial charge >= 0.3 is 0 Å². The predicted molar refractivity (Wildman–Crippen MR) is 108 cm³/mol. The number of aromatic nitrogens is 1. The van der Waals surface area contributed by atoms with Crippen molar-refractivity contribution in [1.29, 1.82) is 0 Å². The number of nitrogens with one attached hydrogen (secondary N) is 1. The maximum Gasteiger partial charge on any atom is 0.268 e. The highest BCUT2D eigenvalue weighted by atomic mass is 32.2. The maximum atomic E-state index is 13.0. The second-order valence-corrected chi connectivity index (χ2v) is 8.18. The fourth-order valence-electron chi connectivity index (χ4n) is 3.21. The van der Waals surface area contributed by atoms with E-state index < -0.39 is 10.0 Å². The average Bonchev–Trinajstić information content (AvgIpc) is 3.15. The minimum Gasteiger partial charge on any atom is -0.309 e. The van der Waals surface area contributed by atoms with E-state index in [0.29, 0.717) is 12.1 Å². The van der Waals surface area contributed by atoms with E-state index in [4.69, 9.17) is 0 Å². The summed E-state index contributed by atoms with van der Waals surface area (Å²) in [5.41, 5.74) is 2.98. The zero-order valence-electron chi connectivity index (χ0n) is 14.7. The van der Waals surface area contributed by atoms with Crippen LogP contribution in [0.25, 0.3) is 10.9 Å². The normalized spacial score (nSPS) is 11.7. The van der Waals surface area contributed by atoms with Gasteiger partial charge in [0.15, 0.2) is 0 Å². The minimum absolute atomic E-state index is 0.287. The number of hydrogen-bond donors (Lipinski definition) is 1. The van der Waals surface area contributed by atoms with Gasteiger partial charge in [-0.05, 0) is 35.4 Å². The second kappa shape index (κ2) is 7.39. The van der Waals surface area contributed by atoms with E-state index in [1.165, 1.54) is 9.54 Å². The summed E-state index contributed by atoms with van der Waals surface area (Å²) in [5, 5.41) is 4.37. The molecule has 0 saturated heterocycles. The first-order valence-corrected chi connectivity index (χ1v) is 10.2. The van der Waals surface area contributed by atoms with E-state index in [2.05, 4.69) is 17.4 Å². The molecule has 136 valence electrons. The number of fused-ring (bicyclic) bond motifs is 1. The van der Waals surface area contributed by atoms with Crippen molar-refractivity contribution >= 4 is 20.9 Å². The van der Waals surface area contributed by atoms with E-state index in [0.717, 1.165) is 17.5 Å². The molecule has 0 fully saturated rings. The van der Waals surface area contributed by atoms with Gasteiger partial charge in [-0.15, -0.1) is 0 Å². The largest absolute Gasteiger partial charge is 0.309 e. The molecule has 0 bridgehead atoms. The first-order valence-electron chi connectivity index (χ1n) is 8.80. The first-order chi connectivity index (χ1) is 13.2. The van der Waals surface area contributed by atoms with E-state index in [-0.39, 0.29) is 4.90 Å². The SMILES string of the molecule is O=S(=O)(c1ccccc1)n1ccc2c(CNCc3ccccc3)cccc21. The van der Waals surface area contributed by atoms with Crippen LogP contribution in [0.3, 0.4) is 0 Å². The number of benzene rings is 3. The third-order valence-electron chi connectivity index (χ3n) is 4.57. The fourth-order valence-corrected chi connectivity index (χ4v) is 4.58. The van der Waals surface area contributed by atoms with Gasteiger partial charge in [-0.1, -0.05) is 60.7 Å². The van der Waals surface area contributed by atoms with Crippen molar-refractivity contribution < 1.29 is 8.42 Å². The van der Waals surface area contributed by atoms with E-state index in [9.17, 15) is 8.42 Å².